The summed E-state index contributed by atoms with van der Waals surface area (Å²) in [5, 5.41) is 3.41. The number of halogens is 1. The van der Waals surface area contributed by atoms with Crippen molar-refractivity contribution < 1.29 is 19.1 Å². The molecular formula is C27H36ClN5O4. The molecule has 0 unspecified atom stereocenters. The summed E-state index contributed by atoms with van der Waals surface area (Å²) in [6.07, 6.45) is 2.16. The molecule has 0 spiro atoms. The van der Waals surface area contributed by atoms with Gasteiger partial charge < -0.3 is 35.2 Å². The number of rotatable bonds is 8. The first-order chi connectivity index (χ1) is 17.9. The van der Waals surface area contributed by atoms with Crippen LogP contribution < -0.4 is 25.4 Å². The number of nitrogens with two attached hydrogens (primary N) is 1. The highest BCUT2D eigenvalue weighted by Crippen LogP contribution is 2.29. The van der Waals surface area contributed by atoms with Gasteiger partial charge in [0.1, 0.15) is 11.5 Å². The van der Waals surface area contributed by atoms with Crippen LogP contribution in [0.4, 0.5) is 11.4 Å². The van der Waals surface area contributed by atoms with Crippen molar-refractivity contribution in [2.75, 3.05) is 70.7 Å². The monoisotopic (exact) mass is 529 g/mol. The van der Waals surface area contributed by atoms with E-state index in [-0.39, 0.29) is 17.9 Å². The van der Waals surface area contributed by atoms with E-state index in [9.17, 15) is 9.59 Å². The molecule has 2 aliphatic heterocycles. The van der Waals surface area contributed by atoms with Gasteiger partial charge in [-0.15, -0.1) is 0 Å². The molecule has 0 radical (unpaired) electrons. The van der Waals surface area contributed by atoms with Crippen LogP contribution in [-0.4, -0.2) is 87.7 Å². The molecule has 0 atom stereocenters. The molecule has 0 saturated carbocycles. The summed E-state index contributed by atoms with van der Waals surface area (Å²) < 4.78 is 10.5. The molecular weight excluding hydrogens is 494 g/mol. The van der Waals surface area contributed by atoms with Crippen molar-refractivity contribution in [3.05, 3.63) is 47.0 Å². The van der Waals surface area contributed by atoms with E-state index in [1.54, 1.807) is 19.2 Å². The highest BCUT2D eigenvalue weighted by Gasteiger charge is 2.25. The van der Waals surface area contributed by atoms with Crippen LogP contribution in [0.5, 0.6) is 11.5 Å². The molecule has 2 aromatic rings. The van der Waals surface area contributed by atoms with Crippen molar-refractivity contribution in [2.45, 2.75) is 25.3 Å². The molecule has 2 aliphatic rings. The van der Waals surface area contributed by atoms with Gasteiger partial charge in [0, 0.05) is 70.0 Å². The van der Waals surface area contributed by atoms with Crippen LogP contribution in [0.15, 0.2) is 36.4 Å². The molecule has 2 heterocycles. The van der Waals surface area contributed by atoms with Gasteiger partial charge in [0.15, 0.2) is 0 Å². The average Bonchev–Trinajstić information content (AvgIpc) is 2.93. The molecule has 9 nitrogen and oxygen atoms in total. The molecule has 10 heteroatoms. The number of benzene rings is 2. The lowest BCUT2D eigenvalue weighted by Crippen LogP contribution is -2.50. The van der Waals surface area contributed by atoms with E-state index >= 15 is 0 Å². The van der Waals surface area contributed by atoms with E-state index in [0.717, 1.165) is 70.1 Å². The minimum absolute atomic E-state index is 0.0616. The van der Waals surface area contributed by atoms with Gasteiger partial charge in [0.2, 0.25) is 5.91 Å². The number of nitrogens with one attached hydrogen (secondary N) is 1. The number of nitrogen functional groups attached to an aromatic ring is 1. The minimum Gasteiger partial charge on any atom is -0.497 e. The highest BCUT2D eigenvalue weighted by atomic mass is 35.5. The van der Waals surface area contributed by atoms with Crippen LogP contribution >= 0.6 is 11.6 Å². The lowest BCUT2D eigenvalue weighted by Gasteiger charge is -2.37. The molecule has 2 saturated heterocycles. The number of methoxy groups -OCH3 is 2. The maximum Gasteiger partial charge on any atom is 0.255 e. The Kier molecular flexibility index (Phi) is 9.00. The fourth-order valence-corrected chi connectivity index (χ4v) is 5.06. The van der Waals surface area contributed by atoms with Crippen LogP contribution in [0.2, 0.25) is 5.02 Å². The fourth-order valence-electron chi connectivity index (χ4n) is 4.90. The second-order valence-electron chi connectivity index (χ2n) is 9.48. The zero-order valence-electron chi connectivity index (χ0n) is 21.5. The fraction of sp³-hybridized carbons (Fsp3) is 0.481. The third-order valence-electron chi connectivity index (χ3n) is 7.20. The Morgan fingerprint density at radius 2 is 1.68 bits per heavy atom. The van der Waals surface area contributed by atoms with E-state index in [2.05, 4.69) is 27.2 Å². The van der Waals surface area contributed by atoms with Crippen LogP contribution in [0.1, 0.15) is 29.6 Å². The molecule has 2 aromatic carbocycles. The van der Waals surface area contributed by atoms with E-state index in [0.29, 0.717) is 28.4 Å². The molecule has 0 bridgehead atoms. The molecule has 2 amide bonds. The van der Waals surface area contributed by atoms with Crippen molar-refractivity contribution in [1.82, 2.24) is 15.1 Å². The predicted octanol–water partition coefficient (Wildman–Crippen LogP) is 2.87. The predicted molar refractivity (Wildman–Crippen MR) is 146 cm³/mol. The molecule has 200 valence electrons. The number of carbonyl (C=O) groups is 2. The summed E-state index contributed by atoms with van der Waals surface area (Å²) in [7, 11) is 3.16. The van der Waals surface area contributed by atoms with Gasteiger partial charge >= 0.3 is 0 Å². The number of anilines is 2. The number of amides is 2. The molecule has 0 aromatic heterocycles. The number of ether oxygens (including phenoxy) is 2. The maximum absolute atomic E-state index is 12.8. The van der Waals surface area contributed by atoms with Gasteiger partial charge in [-0.25, -0.2) is 0 Å². The summed E-state index contributed by atoms with van der Waals surface area (Å²) in [4.78, 5) is 32.2. The topological polar surface area (TPSA) is 100 Å². The number of piperidine rings is 1. The Morgan fingerprint density at radius 1 is 1.00 bits per heavy atom. The summed E-state index contributed by atoms with van der Waals surface area (Å²) in [6.45, 7) is 5.53. The quantitative estimate of drug-likeness (QED) is 0.507. The van der Waals surface area contributed by atoms with Crippen LogP contribution in [0.25, 0.3) is 0 Å². The van der Waals surface area contributed by atoms with Crippen LogP contribution in [0, 0.1) is 0 Å². The number of hydrogen-bond donors (Lipinski definition) is 2. The van der Waals surface area contributed by atoms with E-state index < -0.39 is 0 Å². The Bertz CT molecular complexity index is 1080. The van der Waals surface area contributed by atoms with Gasteiger partial charge in [0.25, 0.3) is 5.91 Å². The Balaban J connectivity index is 1.17. The second kappa shape index (κ2) is 12.4. The van der Waals surface area contributed by atoms with Crippen molar-refractivity contribution >= 4 is 34.8 Å². The normalized spacial score (nSPS) is 16.9. The largest absolute Gasteiger partial charge is 0.497 e. The molecule has 0 aliphatic carbocycles. The highest BCUT2D eigenvalue weighted by molar-refractivity contribution is 6.33. The maximum atomic E-state index is 12.8. The first-order valence-corrected chi connectivity index (χ1v) is 13.1. The zero-order chi connectivity index (χ0) is 26.4. The van der Waals surface area contributed by atoms with Gasteiger partial charge in [0.05, 0.1) is 30.5 Å². The van der Waals surface area contributed by atoms with E-state index in [1.807, 2.05) is 17.0 Å². The third kappa shape index (κ3) is 6.78. The van der Waals surface area contributed by atoms with Gasteiger partial charge in [-0.1, -0.05) is 11.6 Å². The second-order valence-corrected chi connectivity index (χ2v) is 9.89. The van der Waals surface area contributed by atoms with E-state index in [1.165, 1.54) is 7.11 Å². The molecule has 37 heavy (non-hydrogen) atoms. The standard InChI is InChI=1S/C27H36ClN5O4/c1-36-21-5-3-20(4-6-21)32-13-15-33(16-14-32)26(34)9-12-31-10-7-19(8-11-31)30-27(35)22-17-23(28)24(29)18-25(22)37-2/h3-6,17-19H,7-16,29H2,1-2H3,(H,30,35). The number of carbonyl (C=O) groups excluding carboxylic acids is 2. The zero-order valence-corrected chi connectivity index (χ0v) is 22.3. The first-order valence-electron chi connectivity index (χ1n) is 12.7. The van der Waals surface area contributed by atoms with Crippen molar-refractivity contribution in [1.29, 1.82) is 0 Å². The number of piperazine rings is 1. The summed E-state index contributed by atoms with van der Waals surface area (Å²) in [5.74, 6) is 1.23. The SMILES string of the molecule is COc1ccc(N2CCN(C(=O)CCN3CCC(NC(=O)c4cc(Cl)c(N)cc4OC)CC3)CC2)cc1. The van der Waals surface area contributed by atoms with Crippen molar-refractivity contribution in [3.8, 4) is 11.5 Å². The van der Waals surface area contributed by atoms with Crippen LogP contribution in [-0.2, 0) is 4.79 Å². The van der Waals surface area contributed by atoms with Crippen molar-refractivity contribution in [3.63, 3.8) is 0 Å². The first kappa shape index (κ1) is 26.9. The Hall–Kier alpha value is -3.17. The lowest BCUT2D eigenvalue weighted by molar-refractivity contribution is -0.131. The summed E-state index contributed by atoms with van der Waals surface area (Å²) in [5.41, 5.74) is 7.72. The average molecular weight is 530 g/mol. The number of nitrogens with zero attached hydrogens (tertiary/aromatic N) is 3. The van der Waals surface area contributed by atoms with Gasteiger partial charge in [-0.3, -0.25) is 9.59 Å². The number of likely N-dealkylation sites (tertiary alicyclic amines) is 1. The molecule has 4 rings (SSSR count). The summed E-state index contributed by atoms with van der Waals surface area (Å²) >= 11 is 6.11. The minimum atomic E-state index is -0.221. The smallest absolute Gasteiger partial charge is 0.255 e. The van der Waals surface area contributed by atoms with Gasteiger partial charge in [-0.05, 0) is 43.2 Å². The van der Waals surface area contributed by atoms with Crippen LogP contribution in [0.3, 0.4) is 0 Å². The van der Waals surface area contributed by atoms with Crippen molar-refractivity contribution in [2.24, 2.45) is 0 Å². The summed E-state index contributed by atoms with van der Waals surface area (Å²) in [6, 6.07) is 11.2. The lowest BCUT2D eigenvalue weighted by atomic mass is 10.0. The number of hydrogen-bond acceptors (Lipinski definition) is 7. The van der Waals surface area contributed by atoms with E-state index in [4.69, 9.17) is 26.8 Å². The van der Waals surface area contributed by atoms with Gasteiger partial charge in [-0.2, -0.15) is 0 Å². The Labute approximate surface area is 223 Å². The molecule has 3 N–H and O–H groups in total. The Morgan fingerprint density at radius 3 is 2.30 bits per heavy atom. The molecule has 2 fully saturated rings. The third-order valence-corrected chi connectivity index (χ3v) is 7.53.